The molecule has 12 heteroatoms. The zero-order valence-corrected chi connectivity index (χ0v) is 20.6. The summed E-state index contributed by atoms with van der Waals surface area (Å²) >= 11 is 0. The van der Waals surface area contributed by atoms with E-state index in [1.54, 1.807) is 0 Å². The number of rotatable bonds is 5. The van der Waals surface area contributed by atoms with Crippen LogP contribution >= 0.6 is 0 Å². The lowest BCUT2D eigenvalue weighted by Gasteiger charge is -2.32. The number of hydrogen-bond donors (Lipinski definition) is 2. The summed E-state index contributed by atoms with van der Waals surface area (Å²) < 4.78 is 42.1. The van der Waals surface area contributed by atoms with Gasteiger partial charge in [-0.3, -0.25) is 24.5 Å². The van der Waals surface area contributed by atoms with Gasteiger partial charge in [0, 0.05) is 37.2 Å². The smallest absolute Gasteiger partial charge is 0.255 e. The number of piperidine rings is 2. The van der Waals surface area contributed by atoms with Crippen molar-refractivity contribution in [2.45, 2.75) is 49.1 Å². The lowest BCUT2D eigenvalue weighted by molar-refractivity contribution is -0.136. The fraction of sp³-hybridized carbons (Fsp3) is 0.360. The second-order valence-corrected chi connectivity index (χ2v) is 11.4. The van der Waals surface area contributed by atoms with Gasteiger partial charge in [-0.05, 0) is 72.7 Å². The van der Waals surface area contributed by atoms with Crippen molar-refractivity contribution in [1.82, 2.24) is 14.5 Å². The number of carbonyl (C=O) groups excluding carboxylic acids is 4. The highest BCUT2D eigenvalue weighted by Crippen LogP contribution is 2.38. The van der Waals surface area contributed by atoms with E-state index in [4.69, 9.17) is 5.73 Å². The Morgan fingerprint density at radius 2 is 1.70 bits per heavy atom. The molecule has 0 saturated carbocycles. The summed E-state index contributed by atoms with van der Waals surface area (Å²) in [5.41, 5.74) is 6.91. The molecule has 3 aliphatic heterocycles. The number of nitrogens with two attached hydrogens (primary N) is 1. The van der Waals surface area contributed by atoms with Gasteiger partial charge >= 0.3 is 0 Å². The van der Waals surface area contributed by atoms with Crippen molar-refractivity contribution in [3.8, 4) is 0 Å². The van der Waals surface area contributed by atoms with E-state index in [2.05, 4.69) is 5.32 Å². The molecule has 2 fully saturated rings. The van der Waals surface area contributed by atoms with Crippen LogP contribution in [0.25, 0.3) is 0 Å². The van der Waals surface area contributed by atoms with E-state index in [-0.39, 0.29) is 60.3 Å². The fourth-order valence-corrected chi connectivity index (χ4v) is 6.83. The molecule has 4 amide bonds. The molecule has 0 aliphatic carbocycles. The summed E-state index contributed by atoms with van der Waals surface area (Å²) in [5.74, 6) is -2.78. The maximum Gasteiger partial charge on any atom is 0.255 e. The van der Waals surface area contributed by atoms with Crippen molar-refractivity contribution in [3.05, 3.63) is 64.5 Å². The zero-order valence-electron chi connectivity index (χ0n) is 19.8. The normalized spacial score (nSPS) is 21.2. The lowest BCUT2D eigenvalue weighted by Crippen LogP contribution is -2.52. The molecule has 2 saturated heterocycles. The molecule has 0 aromatic heterocycles. The van der Waals surface area contributed by atoms with Crippen LogP contribution in [0.2, 0.25) is 0 Å². The third-order valence-corrected chi connectivity index (χ3v) is 9.24. The van der Waals surface area contributed by atoms with E-state index in [1.807, 2.05) is 0 Å². The van der Waals surface area contributed by atoms with Crippen molar-refractivity contribution in [3.63, 3.8) is 0 Å². The Labute approximate surface area is 212 Å². The second-order valence-electron chi connectivity index (χ2n) is 9.49. The molecule has 3 aliphatic rings. The van der Waals surface area contributed by atoms with E-state index in [1.165, 1.54) is 45.6 Å². The first-order valence-corrected chi connectivity index (χ1v) is 13.4. The molecule has 0 spiro atoms. The number of nitrogens with one attached hydrogen (secondary N) is 1. The summed E-state index contributed by atoms with van der Waals surface area (Å²) in [5, 5.41) is 2.25. The van der Waals surface area contributed by atoms with Gasteiger partial charge in [-0.15, -0.1) is 0 Å². The quantitative estimate of drug-likeness (QED) is 0.559. The third-order valence-electron chi connectivity index (χ3n) is 7.33. The highest BCUT2D eigenvalue weighted by molar-refractivity contribution is 7.89. The van der Waals surface area contributed by atoms with Gasteiger partial charge in [0.2, 0.25) is 27.7 Å². The summed E-state index contributed by atoms with van der Waals surface area (Å²) in [7, 11) is -3.80. The lowest BCUT2D eigenvalue weighted by atomic mass is 9.86. The van der Waals surface area contributed by atoms with E-state index in [9.17, 15) is 32.0 Å². The van der Waals surface area contributed by atoms with E-state index >= 15 is 0 Å². The number of nitrogens with zero attached hydrogens (tertiary/aromatic N) is 2. The molecule has 1 atom stereocenters. The van der Waals surface area contributed by atoms with Gasteiger partial charge in [0.05, 0.1) is 4.90 Å². The van der Waals surface area contributed by atoms with E-state index in [0.29, 0.717) is 24.0 Å². The number of halogens is 1. The average Bonchev–Trinajstić information content (AvgIpc) is 3.19. The Hall–Kier alpha value is -3.64. The molecule has 37 heavy (non-hydrogen) atoms. The van der Waals surface area contributed by atoms with Crippen LogP contribution in [0.15, 0.2) is 41.3 Å². The highest BCUT2D eigenvalue weighted by atomic mass is 32.2. The van der Waals surface area contributed by atoms with Crippen molar-refractivity contribution in [2.75, 3.05) is 13.1 Å². The predicted molar refractivity (Wildman–Crippen MR) is 128 cm³/mol. The number of primary amides is 1. The number of amides is 4. The Bertz CT molecular complexity index is 1420. The van der Waals surface area contributed by atoms with Gasteiger partial charge in [-0.25, -0.2) is 12.8 Å². The van der Waals surface area contributed by atoms with Crippen molar-refractivity contribution < 1.29 is 32.0 Å². The largest absolute Gasteiger partial charge is 0.366 e. The van der Waals surface area contributed by atoms with E-state index < -0.39 is 39.6 Å². The van der Waals surface area contributed by atoms with E-state index in [0.717, 1.165) is 0 Å². The van der Waals surface area contributed by atoms with Crippen LogP contribution in [0.3, 0.4) is 0 Å². The van der Waals surface area contributed by atoms with Crippen molar-refractivity contribution in [2.24, 2.45) is 5.73 Å². The number of hydrogen-bond acceptors (Lipinski definition) is 6. The van der Waals surface area contributed by atoms with Crippen LogP contribution in [0.5, 0.6) is 0 Å². The van der Waals surface area contributed by atoms with Crippen LogP contribution < -0.4 is 11.1 Å². The maximum absolute atomic E-state index is 14.6. The van der Waals surface area contributed by atoms with Crippen LogP contribution in [0.1, 0.15) is 63.4 Å². The average molecular weight is 529 g/mol. The standard InChI is InChI=1S/C25H25FN4O6S/c26-16-11-18(20-13-30(25(34)19(20)12-16)21-5-6-22(31)28-24(21)33)14-7-9-29(10-8-14)37(35,36)17-3-1-15(2-4-17)23(27)32/h1-4,11-12,14,21H,5-10,13H2,(H2,27,32)(H,28,31,33). The monoisotopic (exact) mass is 528 g/mol. The van der Waals surface area contributed by atoms with Gasteiger partial charge in [0.25, 0.3) is 5.91 Å². The Kier molecular flexibility index (Phi) is 6.32. The molecule has 0 bridgehead atoms. The predicted octanol–water partition coefficient (Wildman–Crippen LogP) is 1.25. The zero-order chi connectivity index (χ0) is 26.5. The van der Waals surface area contributed by atoms with Gasteiger partial charge in [-0.2, -0.15) is 4.31 Å². The molecule has 0 radical (unpaired) electrons. The Morgan fingerprint density at radius 3 is 2.32 bits per heavy atom. The first kappa shape index (κ1) is 25.0. The summed E-state index contributed by atoms with van der Waals surface area (Å²) in [6.45, 7) is 0.516. The molecular weight excluding hydrogens is 503 g/mol. The van der Waals surface area contributed by atoms with Crippen LogP contribution in [-0.2, 0) is 26.2 Å². The number of fused-ring (bicyclic) bond motifs is 1. The van der Waals surface area contributed by atoms with Crippen molar-refractivity contribution in [1.29, 1.82) is 0 Å². The summed E-state index contributed by atoms with van der Waals surface area (Å²) in [6, 6.07) is 7.17. The molecule has 3 heterocycles. The second kappa shape index (κ2) is 9.34. The molecular formula is C25H25FN4O6S. The fourth-order valence-electron chi connectivity index (χ4n) is 5.36. The summed E-state index contributed by atoms with van der Waals surface area (Å²) in [4.78, 5) is 49.7. The minimum absolute atomic E-state index is 0.0491. The number of benzene rings is 2. The Balaban J connectivity index is 1.34. The molecule has 194 valence electrons. The molecule has 1 unspecified atom stereocenters. The highest BCUT2D eigenvalue weighted by Gasteiger charge is 2.41. The topological polar surface area (TPSA) is 147 Å². The minimum Gasteiger partial charge on any atom is -0.366 e. The molecule has 5 rings (SSSR count). The first-order chi connectivity index (χ1) is 17.6. The third kappa shape index (κ3) is 4.51. The van der Waals surface area contributed by atoms with Gasteiger partial charge in [0.15, 0.2) is 0 Å². The minimum atomic E-state index is -3.80. The van der Waals surface area contributed by atoms with Gasteiger partial charge in [-0.1, -0.05) is 0 Å². The van der Waals surface area contributed by atoms with Crippen LogP contribution in [0, 0.1) is 5.82 Å². The first-order valence-electron chi connectivity index (χ1n) is 11.9. The molecule has 3 N–H and O–H groups in total. The van der Waals surface area contributed by atoms with Crippen LogP contribution in [0.4, 0.5) is 4.39 Å². The molecule has 10 nitrogen and oxygen atoms in total. The van der Waals surface area contributed by atoms with Gasteiger partial charge in [0.1, 0.15) is 11.9 Å². The van der Waals surface area contributed by atoms with Crippen molar-refractivity contribution >= 4 is 33.7 Å². The Morgan fingerprint density at radius 1 is 1.03 bits per heavy atom. The number of sulfonamides is 1. The SMILES string of the molecule is NC(=O)c1ccc(S(=O)(=O)N2CCC(c3cc(F)cc4c3CN(C3CCC(=O)NC3=O)C4=O)CC2)cc1. The van der Waals surface area contributed by atoms with Crippen LogP contribution in [-0.4, -0.2) is 60.4 Å². The molecule has 2 aromatic carbocycles. The summed E-state index contributed by atoms with van der Waals surface area (Å²) in [6.07, 6.45) is 1.16. The number of carbonyl (C=O) groups is 4. The molecule has 2 aromatic rings. The van der Waals surface area contributed by atoms with Gasteiger partial charge < -0.3 is 10.6 Å². The number of imide groups is 1. The maximum atomic E-state index is 14.6.